The maximum absolute atomic E-state index is 9.19. The monoisotopic (exact) mass is 180 g/mol. The van der Waals surface area contributed by atoms with Gasteiger partial charge in [-0.2, -0.15) is 0 Å². The highest BCUT2D eigenvalue weighted by Gasteiger charge is 2.24. The van der Waals surface area contributed by atoms with Crippen LogP contribution in [0.1, 0.15) is 0 Å². The van der Waals surface area contributed by atoms with Gasteiger partial charge in [0.2, 0.25) is 0 Å². The summed E-state index contributed by atoms with van der Waals surface area (Å²) in [6.45, 7) is -0.0239. The number of rotatable bonds is 6. The highest BCUT2D eigenvalue weighted by molar-refractivity contribution is 4.74. The number of hydrogen-bond acceptors (Lipinski definition) is 5. The minimum Gasteiger partial charge on any atom is -0.388 e. The molecule has 0 radical (unpaired) electrons. The third-order valence-electron chi connectivity index (χ3n) is 1.46. The van der Waals surface area contributed by atoms with Gasteiger partial charge in [-0.25, -0.2) is 0 Å². The molecule has 12 heavy (non-hydrogen) atoms. The molecule has 5 nitrogen and oxygen atoms in total. The van der Waals surface area contributed by atoms with Gasteiger partial charge in [0.25, 0.3) is 0 Å². The second kappa shape index (κ2) is 6.33. The van der Waals surface area contributed by atoms with Crippen molar-refractivity contribution < 1.29 is 24.8 Å². The molecule has 2 unspecified atom stereocenters. The number of ether oxygens (including phenoxy) is 2. The van der Waals surface area contributed by atoms with Crippen molar-refractivity contribution in [2.75, 3.05) is 27.4 Å². The molecule has 0 saturated carbocycles. The van der Waals surface area contributed by atoms with Crippen molar-refractivity contribution in [2.45, 2.75) is 18.3 Å². The fraction of sp³-hybridized carbons (Fsp3) is 1.00. The third-order valence-corrected chi connectivity index (χ3v) is 1.46. The molecule has 0 bridgehead atoms. The van der Waals surface area contributed by atoms with Gasteiger partial charge in [-0.05, 0) is 0 Å². The average Bonchev–Trinajstić information content (AvgIpc) is 2.04. The molecule has 0 aromatic carbocycles. The molecule has 0 saturated heterocycles. The molecular weight excluding hydrogens is 164 g/mol. The van der Waals surface area contributed by atoms with E-state index in [1.54, 1.807) is 0 Å². The second-order valence-corrected chi connectivity index (χ2v) is 2.54. The van der Waals surface area contributed by atoms with Gasteiger partial charge >= 0.3 is 0 Å². The highest BCUT2D eigenvalue weighted by Crippen LogP contribution is 2.00. The van der Waals surface area contributed by atoms with E-state index in [1.807, 2.05) is 0 Å². The molecule has 0 spiro atoms. The topological polar surface area (TPSA) is 79.2 Å². The van der Waals surface area contributed by atoms with Crippen LogP contribution in [-0.4, -0.2) is 61.1 Å². The fourth-order valence-corrected chi connectivity index (χ4v) is 0.795. The summed E-state index contributed by atoms with van der Waals surface area (Å²) >= 11 is 0. The molecule has 74 valence electrons. The van der Waals surface area contributed by atoms with Gasteiger partial charge in [0, 0.05) is 14.2 Å². The van der Waals surface area contributed by atoms with Crippen LogP contribution in [0.3, 0.4) is 0 Å². The van der Waals surface area contributed by atoms with Gasteiger partial charge < -0.3 is 24.8 Å². The van der Waals surface area contributed by atoms with Crippen LogP contribution in [0.25, 0.3) is 0 Å². The first kappa shape index (κ1) is 11.8. The number of methoxy groups -OCH3 is 2. The van der Waals surface area contributed by atoms with E-state index in [0.717, 1.165) is 0 Å². The van der Waals surface area contributed by atoms with Gasteiger partial charge in [-0.3, -0.25) is 0 Å². The first-order valence-corrected chi connectivity index (χ1v) is 3.65. The lowest BCUT2D eigenvalue weighted by molar-refractivity contribution is -0.0991. The van der Waals surface area contributed by atoms with Gasteiger partial charge in [0.1, 0.15) is 18.3 Å². The number of aliphatic hydroxyl groups excluding tert-OH is 3. The van der Waals surface area contributed by atoms with Crippen LogP contribution in [0.5, 0.6) is 0 Å². The predicted molar refractivity (Wildman–Crippen MR) is 41.8 cm³/mol. The Balaban J connectivity index is 3.73. The zero-order valence-electron chi connectivity index (χ0n) is 7.30. The van der Waals surface area contributed by atoms with Crippen molar-refractivity contribution in [1.29, 1.82) is 0 Å². The van der Waals surface area contributed by atoms with E-state index in [0.29, 0.717) is 0 Å². The molecule has 0 fully saturated rings. The van der Waals surface area contributed by atoms with Crippen LogP contribution >= 0.6 is 0 Å². The molecule has 0 heterocycles. The van der Waals surface area contributed by atoms with E-state index in [-0.39, 0.29) is 13.2 Å². The van der Waals surface area contributed by atoms with Crippen molar-refractivity contribution >= 4 is 0 Å². The summed E-state index contributed by atoms with van der Waals surface area (Å²) in [5, 5.41) is 27.4. The Morgan fingerprint density at radius 3 is 1.50 bits per heavy atom. The van der Waals surface area contributed by atoms with Crippen LogP contribution in [0.2, 0.25) is 0 Å². The Kier molecular flexibility index (Phi) is 6.23. The normalized spacial score (nSPS) is 18.8. The zero-order valence-corrected chi connectivity index (χ0v) is 7.30. The Hall–Kier alpha value is -0.200. The largest absolute Gasteiger partial charge is 0.388 e. The standard InChI is InChI=1S/C7H16O5/c1-11-3-5(8)7(10)6(9)4-12-2/h5-10H,3-4H2,1-2H3. The maximum atomic E-state index is 9.19. The van der Waals surface area contributed by atoms with Crippen LogP contribution in [-0.2, 0) is 9.47 Å². The van der Waals surface area contributed by atoms with Crippen LogP contribution < -0.4 is 0 Å². The molecule has 0 aliphatic heterocycles. The molecule has 0 aromatic heterocycles. The Bertz CT molecular complexity index is 96.0. The Morgan fingerprint density at radius 1 is 0.917 bits per heavy atom. The maximum Gasteiger partial charge on any atom is 0.110 e. The summed E-state index contributed by atoms with van der Waals surface area (Å²) in [5.41, 5.74) is 0. The predicted octanol–water partition coefficient (Wildman–Crippen LogP) is -1.64. The van der Waals surface area contributed by atoms with Crippen LogP contribution in [0.4, 0.5) is 0 Å². The van der Waals surface area contributed by atoms with E-state index < -0.39 is 18.3 Å². The zero-order chi connectivity index (χ0) is 9.56. The molecular formula is C7H16O5. The quantitative estimate of drug-likeness (QED) is 0.457. The summed E-state index contributed by atoms with van der Waals surface area (Å²) in [4.78, 5) is 0. The number of hydrogen-bond donors (Lipinski definition) is 3. The first-order valence-electron chi connectivity index (χ1n) is 3.65. The minimum absolute atomic E-state index is 0.0120. The summed E-state index contributed by atoms with van der Waals surface area (Å²) < 4.78 is 9.18. The minimum atomic E-state index is -1.23. The molecule has 0 aromatic rings. The lowest BCUT2D eigenvalue weighted by Crippen LogP contribution is -2.42. The summed E-state index contributed by atoms with van der Waals surface area (Å²) in [6, 6.07) is 0. The lowest BCUT2D eigenvalue weighted by atomic mass is 10.1. The van der Waals surface area contributed by atoms with Gasteiger partial charge in [0.05, 0.1) is 13.2 Å². The second-order valence-electron chi connectivity index (χ2n) is 2.54. The van der Waals surface area contributed by atoms with Crippen molar-refractivity contribution in [3.05, 3.63) is 0 Å². The van der Waals surface area contributed by atoms with Crippen LogP contribution in [0.15, 0.2) is 0 Å². The number of aliphatic hydroxyl groups is 3. The molecule has 5 heteroatoms. The molecule has 0 aliphatic carbocycles. The Labute approximate surface area is 71.5 Å². The van der Waals surface area contributed by atoms with Crippen molar-refractivity contribution in [3.8, 4) is 0 Å². The fourth-order valence-electron chi connectivity index (χ4n) is 0.795. The van der Waals surface area contributed by atoms with Crippen molar-refractivity contribution in [3.63, 3.8) is 0 Å². The van der Waals surface area contributed by atoms with E-state index in [4.69, 9.17) is 10.2 Å². The molecule has 0 aliphatic rings. The van der Waals surface area contributed by atoms with E-state index >= 15 is 0 Å². The molecule has 0 amide bonds. The smallest absolute Gasteiger partial charge is 0.110 e. The van der Waals surface area contributed by atoms with Gasteiger partial charge in [-0.15, -0.1) is 0 Å². The van der Waals surface area contributed by atoms with E-state index in [9.17, 15) is 5.11 Å². The summed E-state index contributed by atoms with van der Waals surface area (Å²) in [7, 11) is 2.80. The summed E-state index contributed by atoms with van der Waals surface area (Å²) in [6.07, 6.45) is -3.40. The first-order chi connectivity index (χ1) is 5.63. The lowest BCUT2D eigenvalue weighted by Gasteiger charge is -2.21. The third kappa shape index (κ3) is 3.99. The van der Waals surface area contributed by atoms with Crippen molar-refractivity contribution in [1.82, 2.24) is 0 Å². The summed E-state index contributed by atoms with van der Waals surface area (Å²) in [5.74, 6) is 0. The van der Waals surface area contributed by atoms with E-state index in [2.05, 4.69) is 9.47 Å². The van der Waals surface area contributed by atoms with E-state index in [1.165, 1.54) is 14.2 Å². The van der Waals surface area contributed by atoms with Crippen molar-refractivity contribution in [2.24, 2.45) is 0 Å². The van der Waals surface area contributed by atoms with Gasteiger partial charge in [-0.1, -0.05) is 0 Å². The highest BCUT2D eigenvalue weighted by atomic mass is 16.5. The molecule has 3 N–H and O–H groups in total. The molecule has 2 atom stereocenters. The molecule has 0 rings (SSSR count). The average molecular weight is 180 g/mol. The SMILES string of the molecule is COCC(O)C(O)C(O)COC. The van der Waals surface area contributed by atoms with Gasteiger partial charge in [0.15, 0.2) is 0 Å². The Morgan fingerprint density at radius 2 is 1.25 bits per heavy atom. The van der Waals surface area contributed by atoms with Crippen LogP contribution in [0, 0.1) is 0 Å².